The molecule has 0 saturated carbocycles. The van der Waals surface area contributed by atoms with Crippen LogP contribution in [0.4, 0.5) is 0 Å². The van der Waals surface area contributed by atoms with Gasteiger partial charge in [-0.25, -0.2) is 0 Å². The van der Waals surface area contributed by atoms with Gasteiger partial charge in [0.25, 0.3) is 5.91 Å². The number of rotatable bonds is 6. The summed E-state index contributed by atoms with van der Waals surface area (Å²) < 4.78 is 6.50. The molecule has 112 valence electrons. The number of carbonyl (C=O) groups excluding carboxylic acids is 1. The van der Waals surface area contributed by atoms with E-state index in [9.17, 15) is 9.59 Å². The van der Waals surface area contributed by atoms with Crippen molar-refractivity contribution in [1.29, 1.82) is 0 Å². The fraction of sp³-hybridized carbons (Fsp3) is 0.286. The van der Waals surface area contributed by atoms with Crippen LogP contribution in [0.2, 0.25) is 0 Å². The van der Waals surface area contributed by atoms with Gasteiger partial charge in [-0.05, 0) is 25.1 Å². The molecule has 2 N–H and O–H groups in total. The van der Waals surface area contributed by atoms with Crippen LogP contribution < -0.4 is 5.32 Å². The van der Waals surface area contributed by atoms with E-state index < -0.39 is 5.97 Å². The highest BCUT2D eigenvalue weighted by Crippen LogP contribution is 2.27. The molecule has 0 aliphatic rings. The zero-order valence-corrected chi connectivity index (χ0v) is 13.7. The maximum absolute atomic E-state index is 12.1. The average Bonchev–Trinajstić information content (AvgIpc) is 2.75. The first-order valence-corrected chi connectivity index (χ1v) is 8.20. The van der Waals surface area contributed by atoms with Crippen molar-refractivity contribution in [3.63, 3.8) is 0 Å². The van der Waals surface area contributed by atoms with Gasteiger partial charge in [-0.15, -0.1) is 11.8 Å². The molecule has 0 aliphatic heterocycles. The average molecular weight is 372 g/mol. The van der Waals surface area contributed by atoms with Gasteiger partial charge >= 0.3 is 5.97 Å². The minimum Gasteiger partial charge on any atom is -0.481 e. The molecule has 0 saturated heterocycles. The summed E-state index contributed by atoms with van der Waals surface area (Å²) in [4.78, 5) is 22.4. The smallest absolute Gasteiger partial charge is 0.313 e. The molecule has 0 radical (unpaired) electrons. The number of aryl methyl sites for hydroxylation is 1. The maximum atomic E-state index is 12.1. The third-order valence-corrected chi connectivity index (χ3v) is 4.30. The number of aliphatic carboxylic acids is 1. The van der Waals surface area contributed by atoms with Gasteiger partial charge in [-0.3, -0.25) is 9.59 Å². The Kier molecular flexibility index (Phi) is 5.30. The minimum atomic E-state index is -0.856. The lowest BCUT2D eigenvalue weighted by atomic mass is 10.1. The quantitative estimate of drug-likeness (QED) is 0.762. The Bertz CT molecular complexity index is 683. The van der Waals surface area contributed by atoms with Crippen LogP contribution in [0.3, 0.4) is 0 Å². The topological polar surface area (TPSA) is 79.5 Å². The Morgan fingerprint density at radius 2 is 2.19 bits per heavy atom. The Balaban J connectivity index is 1.99. The third kappa shape index (κ3) is 4.01. The van der Waals surface area contributed by atoms with E-state index in [1.807, 2.05) is 25.1 Å². The molecular weight excluding hydrogens is 358 g/mol. The monoisotopic (exact) mass is 371 g/mol. The Hall–Kier alpha value is -1.47. The number of carbonyl (C=O) groups is 2. The molecule has 7 heteroatoms. The van der Waals surface area contributed by atoms with Crippen LogP contribution in [-0.2, 0) is 4.79 Å². The van der Waals surface area contributed by atoms with E-state index in [0.717, 1.165) is 15.4 Å². The molecule has 1 heterocycles. The van der Waals surface area contributed by atoms with E-state index in [2.05, 4.69) is 21.2 Å². The highest BCUT2D eigenvalue weighted by Gasteiger charge is 2.17. The highest BCUT2D eigenvalue weighted by molar-refractivity contribution is 9.10. The second-order valence-corrected chi connectivity index (χ2v) is 6.42. The molecule has 5 nitrogen and oxygen atoms in total. The second-order valence-electron chi connectivity index (χ2n) is 4.40. The largest absolute Gasteiger partial charge is 0.481 e. The fourth-order valence-electron chi connectivity index (χ4n) is 1.89. The first-order chi connectivity index (χ1) is 9.99. The van der Waals surface area contributed by atoms with Crippen molar-refractivity contribution in [2.75, 3.05) is 18.1 Å². The molecule has 0 unspecified atom stereocenters. The standard InChI is InChI=1S/C14H14BrNO4S/c1-8-10-6-9(15)2-3-11(10)20-13(8)14(19)16-4-5-21-7-12(17)18/h2-3,6H,4-5,7H2,1H3,(H,16,19)(H,17,18). The number of fused-ring (bicyclic) bond motifs is 1. The minimum absolute atomic E-state index is 0.0353. The Morgan fingerprint density at radius 3 is 2.90 bits per heavy atom. The number of hydrogen-bond acceptors (Lipinski definition) is 4. The maximum Gasteiger partial charge on any atom is 0.313 e. The number of halogens is 1. The molecule has 1 amide bonds. The molecule has 1 aromatic carbocycles. The Labute approximate surface area is 134 Å². The first kappa shape index (κ1) is 15.9. The van der Waals surface area contributed by atoms with E-state index in [0.29, 0.717) is 23.6 Å². The lowest BCUT2D eigenvalue weighted by Gasteiger charge is -2.02. The predicted molar refractivity (Wildman–Crippen MR) is 85.9 cm³/mol. The molecule has 21 heavy (non-hydrogen) atoms. The highest BCUT2D eigenvalue weighted by atomic mass is 79.9. The van der Waals surface area contributed by atoms with Crippen molar-refractivity contribution in [2.45, 2.75) is 6.92 Å². The molecule has 0 fully saturated rings. The van der Waals surface area contributed by atoms with Gasteiger partial charge in [0, 0.05) is 27.7 Å². The van der Waals surface area contributed by atoms with Crippen molar-refractivity contribution in [3.05, 3.63) is 34.0 Å². The van der Waals surface area contributed by atoms with E-state index >= 15 is 0 Å². The van der Waals surface area contributed by atoms with Gasteiger partial charge in [-0.2, -0.15) is 0 Å². The summed E-state index contributed by atoms with van der Waals surface area (Å²) in [6.45, 7) is 2.24. The number of hydrogen-bond donors (Lipinski definition) is 2. The van der Waals surface area contributed by atoms with Gasteiger partial charge in [0.15, 0.2) is 5.76 Å². The molecule has 0 bridgehead atoms. The fourth-order valence-corrected chi connectivity index (χ4v) is 2.81. The number of nitrogens with one attached hydrogen (secondary N) is 1. The van der Waals surface area contributed by atoms with Gasteiger partial charge in [0.2, 0.25) is 0 Å². The van der Waals surface area contributed by atoms with Crippen LogP contribution in [0.15, 0.2) is 27.1 Å². The molecule has 0 spiro atoms. The van der Waals surface area contributed by atoms with Gasteiger partial charge in [0.1, 0.15) is 5.58 Å². The van der Waals surface area contributed by atoms with Crippen molar-refractivity contribution in [3.8, 4) is 0 Å². The Morgan fingerprint density at radius 1 is 1.43 bits per heavy atom. The molecule has 0 aliphatic carbocycles. The zero-order valence-electron chi connectivity index (χ0n) is 11.3. The summed E-state index contributed by atoms with van der Waals surface area (Å²) >= 11 is 4.65. The number of amides is 1. The number of furan rings is 1. The third-order valence-electron chi connectivity index (χ3n) is 2.86. The molecule has 1 aromatic heterocycles. The zero-order chi connectivity index (χ0) is 15.4. The van der Waals surface area contributed by atoms with Crippen molar-refractivity contribution in [1.82, 2.24) is 5.32 Å². The lowest BCUT2D eigenvalue weighted by Crippen LogP contribution is -2.26. The predicted octanol–water partition coefficient (Wildman–Crippen LogP) is 3.05. The van der Waals surface area contributed by atoms with Crippen LogP contribution >= 0.6 is 27.7 Å². The van der Waals surface area contributed by atoms with Crippen LogP contribution in [0.5, 0.6) is 0 Å². The van der Waals surface area contributed by atoms with Crippen LogP contribution in [0, 0.1) is 6.92 Å². The summed E-state index contributed by atoms with van der Waals surface area (Å²) in [5.74, 6) is -0.261. The van der Waals surface area contributed by atoms with Crippen LogP contribution in [-0.4, -0.2) is 35.0 Å². The summed E-state index contributed by atoms with van der Waals surface area (Å²) in [6.07, 6.45) is 0. The SMILES string of the molecule is Cc1c(C(=O)NCCSCC(=O)O)oc2ccc(Br)cc12. The molecule has 2 rings (SSSR count). The number of thioether (sulfide) groups is 1. The van der Waals surface area contributed by atoms with Gasteiger partial charge < -0.3 is 14.8 Å². The van der Waals surface area contributed by atoms with E-state index in [1.54, 1.807) is 0 Å². The molecular formula is C14H14BrNO4S. The van der Waals surface area contributed by atoms with E-state index in [1.165, 1.54) is 11.8 Å². The lowest BCUT2D eigenvalue weighted by molar-refractivity contribution is -0.133. The summed E-state index contributed by atoms with van der Waals surface area (Å²) in [5.41, 5.74) is 1.46. The van der Waals surface area contributed by atoms with Crippen molar-refractivity contribution >= 4 is 50.5 Å². The summed E-state index contributed by atoms with van der Waals surface area (Å²) in [6, 6.07) is 5.58. The number of carboxylic acid groups (broad SMARTS) is 1. The van der Waals surface area contributed by atoms with Crippen molar-refractivity contribution in [2.24, 2.45) is 0 Å². The normalized spacial score (nSPS) is 10.8. The van der Waals surface area contributed by atoms with Crippen LogP contribution in [0.1, 0.15) is 16.1 Å². The van der Waals surface area contributed by atoms with E-state index in [4.69, 9.17) is 9.52 Å². The first-order valence-electron chi connectivity index (χ1n) is 6.25. The summed E-state index contributed by atoms with van der Waals surface area (Å²) in [5, 5.41) is 12.1. The van der Waals surface area contributed by atoms with Crippen molar-refractivity contribution < 1.29 is 19.1 Å². The van der Waals surface area contributed by atoms with Crippen LogP contribution in [0.25, 0.3) is 11.0 Å². The van der Waals surface area contributed by atoms with Gasteiger partial charge in [0.05, 0.1) is 5.75 Å². The van der Waals surface area contributed by atoms with Gasteiger partial charge in [-0.1, -0.05) is 15.9 Å². The number of carboxylic acids is 1. The second kappa shape index (κ2) is 7.00. The molecule has 0 atom stereocenters. The van der Waals surface area contributed by atoms with E-state index in [-0.39, 0.29) is 11.7 Å². The summed E-state index contributed by atoms with van der Waals surface area (Å²) in [7, 11) is 0. The number of benzene rings is 1. The molecule has 2 aromatic rings.